The number of nitrogens with two attached hydrogens (primary N) is 2. The molecule has 4 aliphatic heterocycles. The van der Waals surface area contributed by atoms with Crippen molar-refractivity contribution in [3.05, 3.63) is 16.9 Å². The predicted molar refractivity (Wildman–Crippen MR) is 145 cm³/mol. The van der Waals surface area contributed by atoms with Crippen molar-refractivity contribution >= 4 is 41.4 Å². The van der Waals surface area contributed by atoms with Gasteiger partial charge in [-0.1, -0.05) is 6.92 Å². The monoisotopic (exact) mass is 590 g/mol. The lowest BCUT2D eigenvalue weighted by Gasteiger charge is -2.55. The van der Waals surface area contributed by atoms with Crippen LogP contribution in [0.1, 0.15) is 26.7 Å². The molecule has 3 amide bonds. The van der Waals surface area contributed by atoms with Gasteiger partial charge in [0, 0.05) is 41.7 Å². The van der Waals surface area contributed by atoms with Crippen LogP contribution in [-0.2, 0) is 25.7 Å². The number of hydrogen-bond acceptors (Lipinski definition) is 12. The van der Waals surface area contributed by atoms with Gasteiger partial charge in [0.05, 0.1) is 18.1 Å². The van der Waals surface area contributed by atoms with Crippen LogP contribution in [0.25, 0.3) is 0 Å². The molecule has 0 saturated carbocycles. The van der Waals surface area contributed by atoms with Crippen LogP contribution in [0, 0.1) is 11.3 Å². The van der Waals surface area contributed by atoms with Gasteiger partial charge >= 0.3 is 5.97 Å². The topological polar surface area (TPSA) is 251 Å². The first-order valence-corrected chi connectivity index (χ1v) is 14.2. The first-order chi connectivity index (χ1) is 19.4. The number of likely N-dealkylation sites (tertiary alicyclic amines) is 1. The van der Waals surface area contributed by atoms with Crippen molar-refractivity contribution in [3.63, 3.8) is 0 Å². The number of amides is 3. The summed E-state index contributed by atoms with van der Waals surface area (Å²) in [5, 5.41) is 37.2. The van der Waals surface area contributed by atoms with Crippen LogP contribution in [0.3, 0.4) is 0 Å². The number of nitrogens with one attached hydrogen (secondary N) is 4. The van der Waals surface area contributed by atoms with Gasteiger partial charge in [-0.15, -0.1) is 16.9 Å². The second kappa shape index (κ2) is 11.0. The Morgan fingerprint density at radius 1 is 1.39 bits per heavy atom. The van der Waals surface area contributed by atoms with Crippen LogP contribution in [0.5, 0.6) is 0 Å². The molecule has 1 aromatic heterocycles. The number of aromatic nitrogens is 4. The van der Waals surface area contributed by atoms with E-state index in [0.717, 1.165) is 6.42 Å². The van der Waals surface area contributed by atoms with E-state index in [9.17, 15) is 24.3 Å². The molecular weight excluding hydrogens is 556 g/mol. The van der Waals surface area contributed by atoms with E-state index in [1.165, 1.54) is 27.7 Å². The maximum Gasteiger partial charge on any atom is 0.353 e. The van der Waals surface area contributed by atoms with Crippen molar-refractivity contribution in [2.45, 2.75) is 68.2 Å². The van der Waals surface area contributed by atoms with E-state index in [4.69, 9.17) is 16.9 Å². The third kappa shape index (κ3) is 5.15. The van der Waals surface area contributed by atoms with Crippen LogP contribution in [0.15, 0.2) is 16.9 Å². The number of carbonyl (C=O) groups excluding carboxylic acids is 3. The van der Waals surface area contributed by atoms with E-state index >= 15 is 0 Å². The minimum absolute atomic E-state index is 0.0162. The standard InChI is InChI=1S/C23H34N12O5S/c1-10-17(41-13-5-14(27-6-13)19(37)30-22(25)33-4-3-12(24)7-33)16(20(38)39)35-18(10)23(26,21(35)40)11(2)29-15(36)8-34-9-28-31-32-34/h9-14,18,27H,3-8,24,26H2,1-2H3,(H,29,36)(H,38,39)(H2,25,30,37)/t10-,11+,12+,13-,14-,18+,23-/m0/s1. The van der Waals surface area contributed by atoms with Gasteiger partial charge in [-0.05, 0) is 30.2 Å². The van der Waals surface area contributed by atoms with Gasteiger partial charge in [-0.2, -0.15) is 0 Å². The molecule has 1 aromatic rings. The number of aliphatic carboxylic acids is 1. The Balaban J connectivity index is 1.22. The molecule has 18 heteroatoms. The molecule has 9 N–H and O–H groups in total. The average Bonchev–Trinajstić information content (AvgIpc) is 3.71. The Labute approximate surface area is 239 Å². The highest BCUT2D eigenvalue weighted by Gasteiger charge is 2.68. The van der Waals surface area contributed by atoms with Gasteiger partial charge in [0.2, 0.25) is 11.8 Å². The summed E-state index contributed by atoms with van der Waals surface area (Å²) in [5.74, 6) is -3.02. The highest BCUT2D eigenvalue weighted by molar-refractivity contribution is 8.03. The Morgan fingerprint density at radius 3 is 2.78 bits per heavy atom. The lowest BCUT2D eigenvalue weighted by Crippen LogP contribution is -2.83. The zero-order chi connectivity index (χ0) is 29.6. The lowest BCUT2D eigenvalue weighted by atomic mass is 9.71. The Kier molecular flexibility index (Phi) is 7.75. The molecule has 41 heavy (non-hydrogen) atoms. The van der Waals surface area contributed by atoms with Gasteiger partial charge < -0.3 is 32.1 Å². The van der Waals surface area contributed by atoms with Gasteiger partial charge in [0.1, 0.15) is 24.1 Å². The summed E-state index contributed by atoms with van der Waals surface area (Å²) in [6, 6.07) is -2.06. The molecule has 3 fully saturated rings. The molecule has 0 spiro atoms. The number of fused-ring (bicyclic) bond motifs is 1. The molecule has 7 atom stereocenters. The smallest absolute Gasteiger partial charge is 0.353 e. The molecule has 0 aliphatic carbocycles. The second-order valence-corrected chi connectivity index (χ2v) is 12.3. The molecule has 5 heterocycles. The predicted octanol–water partition coefficient (Wildman–Crippen LogP) is -3.42. The van der Waals surface area contributed by atoms with Crippen molar-refractivity contribution in [1.29, 1.82) is 5.41 Å². The van der Waals surface area contributed by atoms with Crippen molar-refractivity contribution < 1.29 is 24.3 Å². The number of tetrazole rings is 1. The molecule has 222 valence electrons. The number of guanidine groups is 1. The van der Waals surface area contributed by atoms with Gasteiger partial charge in [-0.3, -0.25) is 30.0 Å². The van der Waals surface area contributed by atoms with Crippen molar-refractivity contribution in [3.8, 4) is 0 Å². The summed E-state index contributed by atoms with van der Waals surface area (Å²) in [4.78, 5) is 54.4. The molecule has 0 aromatic carbocycles. The Hall–Kier alpha value is -3.61. The molecule has 0 unspecified atom stereocenters. The molecule has 0 bridgehead atoms. The van der Waals surface area contributed by atoms with Crippen LogP contribution in [0.4, 0.5) is 0 Å². The quantitative estimate of drug-likeness (QED) is 0.0886. The number of β-lactam (4-membered cyclic amide) rings is 1. The number of carboxylic acids is 1. The van der Waals surface area contributed by atoms with E-state index in [1.807, 2.05) is 6.92 Å². The van der Waals surface area contributed by atoms with Gasteiger partial charge in [-0.25, -0.2) is 9.48 Å². The molecular formula is C23H34N12O5S. The van der Waals surface area contributed by atoms with Gasteiger partial charge in [0.15, 0.2) is 5.96 Å². The summed E-state index contributed by atoms with van der Waals surface area (Å²) < 4.78 is 1.23. The summed E-state index contributed by atoms with van der Waals surface area (Å²) in [5.41, 5.74) is 10.9. The summed E-state index contributed by atoms with van der Waals surface area (Å²) in [6.07, 6.45) is 2.45. The average molecular weight is 591 g/mol. The van der Waals surface area contributed by atoms with Crippen LogP contribution >= 0.6 is 11.8 Å². The number of rotatable bonds is 8. The van der Waals surface area contributed by atoms with E-state index in [0.29, 0.717) is 31.0 Å². The fourth-order valence-corrected chi connectivity index (χ4v) is 7.50. The highest BCUT2D eigenvalue weighted by Crippen LogP contribution is 2.52. The van der Waals surface area contributed by atoms with Gasteiger partial charge in [0.25, 0.3) is 5.91 Å². The van der Waals surface area contributed by atoms with Crippen LogP contribution < -0.4 is 27.4 Å². The first-order valence-electron chi connectivity index (χ1n) is 13.3. The second-order valence-electron chi connectivity index (χ2n) is 10.9. The molecule has 0 radical (unpaired) electrons. The number of carbonyl (C=O) groups is 4. The first kappa shape index (κ1) is 28.9. The zero-order valence-corrected chi connectivity index (χ0v) is 23.4. The highest BCUT2D eigenvalue weighted by atomic mass is 32.2. The van der Waals surface area contributed by atoms with E-state index in [1.54, 1.807) is 11.8 Å². The summed E-state index contributed by atoms with van der Waals surface area (Å²) >= 11 is 1.32. The third-order valence-electron chi connectivity index (χ3n) is 8.20. The fourth-order valence-electron chi connectivity index (χ4n) is 6.03. The SMILES string of the molecule is C[C@H]1C(S[C@@H]2CN[C@H](C(=O)NC(=N)N3CC[C@@H](N)C3)C2)=C(C(=O)O)N2C(=O)[C@](N)([C@@H](C)NC(=O)Cn3cnnn3)[C@@H]12. The minimum atomic E-state index is -1.52. The van der Waals surface area contributed by atoms with Crippen molar-refractivity contribution in [2.75, 3.05) is 19.6 Å². The number of carboxylic acid groups (broad SMARTS) is 1. The third-order valence-corrected chi connectivity index (χ3v) is 9.71. The van der Waals surface area contributed by atoms with Crippen LogP contribution in [-0.4, -0.2) is 119 Å². The molecule has 17 nitrogen and oxygen atoms in total. The maximum absolute atomic E-state index is 13.3. The molecule has 4 aliphatic rings. The minimum Gasteiger partial charge on any atom is -0.477 e. The molecule has 3 saturated heterocycles. The largest absolute Gasteiger partial charge is 0.477 e. The van der Waals surface area contributed by atoms with E-state index in [2.05, 4.69) is 31.5 Å². The zero-order valence-electron chi connectivity index (χ0n) is 22.6. The normalized spacial score (nSPS) is 31.6. The molecule has 5 rings (SSSR count). The van der Waals surface area contributed by atoms with E-state index < -0.39 is 47.4 Å². The van der Waals surface area contributed by atoms with Crippen LogP contribution in [0.2, 0.25) is 0 Å². The number of thioether (sulfide) groups is 1. The number of nitrogens with zero attached hydrogens (tertiary/aromatic N) is 6. The lowest BCUT2D eigenvalue weighted by molar-refractivity contribution is -0.162. The maximum atomic E-state index is 13.3. The van der Waals surface area contributed by atoms with Crippen molar-refractivity contribution in [1.82, 2.24) is 46.0 Å². The summed E-state index contributed by atoms with van der Waals surface area (Å²) in [6.45, 7) is 4.82. The fraction of sp³-hybridized carbons (Fsp3) is 0.652. The van der Waals surface area contributed by atoms with E-state index in [-0.39, 0.29) is 35.4 Å². The summed E-state index contributed by atoms with van der Waals surface area (Å²) in [7, 11) is 0. The number of hydrogen-bond donors (Lipinski definition) is 7. The Morgan fingerprint density at radius 2 is 2.15 bits per heavy atom. The Bertz CT molecular complexity index is 1290. The van der Waals surface area contributed by atoms with Crippen molar-refractivity contribution in [2.24, 2.45) is 17.4 Å².